The van der Waals surface area contributed by atoms with Gasteiger partial charge in [-0.3, -0.25) is 0 Å². The number of rotatable bonds is 5. The highest BCUT2D eigenvalue weighted by Crippen LogP contribution is 2.19. The van der Waals surface area contributed by atoms with E-state index in [1.165, 1.54) is 5.39 Å². The third kappa shape index (κ3) is 2.78. The van der Waals surface area contributed by atoms with Gasteiger partial charge in [0, 0.05) is 37.3 Å². The van der Waals surface area contributed by atoms with E-state index in [1.807, 2.05) is 30.6 Å². The van der Waals surface area contributed by atoms with Crippen molar-refractivity contribution >= 4 is 16.9 Å². The largest absolute Gasteiger partial charge is 0.354 e. The maximum absolute atomic E-state index is 4.60. The van der Waals surface area contributed by atoms with Crippen molar-refractivity contribution in [2.24, 2.45) is 0 Å². The molecule has 6 heteroatoms. The molecule has 4 aromatic rings. The van der Waals surface area contributed by atoms with Crippen LogP contribution >= 0.6 is 0 Å². The lowest BCUT2D eigenvalue weighted by molar-refractivity contribution is 0.939. The summed E-state index contributed by atoms with van der Waals surface area (Å²) in [5.41, 5.74) is 2.22. The molecule has 0 saturated carbocycles. The average molecular weight is 304 g/mol. The number of nitrogens with one attached hydrogen (secondary N) is 2. The smallest absolute Gasteiger partial charge is 0.224 e. The van der Waals surface area contributed by atoms with E-state index in [2.05, 4.69) is 48.0 Å². The molecule has 3 heterocycles. The molecule has 0 saturated heterocycles. The fourth-order valence-corrected chi connectivity index (χ4v) is 2.58. The van der Waals surface area contributed by atoms with Crippen LogP contribution < -0.4 is 5.32 Å². The van der Waals surface area contributed by atoms with Crippen LogP contribution in [0, 0.1) is 0 Å². The van der Waals surface area contributed by atoms with Crippen LogP contribution in [-0.2, 0) is 6.42 Å². The molecule has 114 valence electrons. The summed E-state index contributed by atoms with van der Waals surface area (Å²) in [6, 6.07) is 12.2. The lowest BCUT2D eigenvalue weighted by atomic mass is 10.2. The Morgan fingerprint density at radius 2 is 2.09 bits per heavy atom. The molecular formula is C17H16N6. The standard InChI is InChI=1S/C17H16N6/c1-2-4-15-13(3-1)7-10-23(15)16-6-9-20-17(22-16)19-8-5-14-11-18-12-21-14/h1-4,6-7,9-12H,5,8H2,(H,18,21)(H,19,20,22). The Hall–Kier alpha value is -3.15. The number of fused-ring (bicyclic) bond motifs is 1. The SMILES string of the molecule is c1ccc2c(c1)ccn2-c1ccnc(NCCc2cnc[nH]2)n1. The van der Waals surface area contributed by atoms with Crippen LogP contribution in [0.4, 0.5) is 5.95 Å². The molecule has 0 unspecified atom stereocenters. The fourth-order valence-electron chi connectivity index (χ4n) is 2.58. The van der Waals surface area contributed by atoms with Gasteiger partial charge >= 0.3 is 0 Å². The number of H-pyrrole nitrogens is 1. The summed E-state index contributed by atoms with van der Waals surface area (Å²) >= 11 is 0. The van der Waals surface area contributed by atoms with Crippen molar-refractivity contribution < 1.29 is 0 Å². The summed E-state index contributed by atoms with van der Waals surface area (Å²) in [4.78, 5) is 16.0. The molecule has 0 atom stereocenters. The van der Waals surface area contributed by atoms with E-state index in [-0.39, 0.29) is 0 Å². The van der Waals surface area contributed by atoms with Crippen LogP contribution in [0.25, 0.3) is 16.7 Å². The quantitative estimate of drug-likeness (QED) is 0.595. The van der Waals surface area contributed by atoms with E-state index in [1.54, 1.807) is 12.5 Å². The van der Waals surface area contributed by atoms with Gasteiger partial charge in [-0.25, -0.2) is 9.97 Å². The Morgan fingerprint density at radius 1 is 1.13 bits per heavy atom. The number of aromatic amines is 1. The minimum absolute atomic E-state index is 0.625. The molecule has 2 N–H and O–H groups in total. The zero-order chi connectivity index (χ0) is 15.5. The molecule has 23 heavy (non-hydrogen) atoms. The van der Waals surface area contributed by atoms with Crippen LogP contribution in [-0.4, -0.2) is 31.0 Å². The highest BCUT2D eigenvalue weighted by Gasteiger charge is 2.05. The van der Waals surface area contributed by atoms with Crippen LogP contribution in [0.5, 0.6) is 0 Å². The minimum atomic E-state index is 0.625. The molecule has 3 aromatic heterocycles. The Balaban J connectivity index is 1.54. The number of aromatic nitrogens is 5. The Kier molecular flexibility index (Phi) is 3.48. The van der Waals surface area contributed by atoms with Crippen molar-refractivity contribution in [1.29, 1.82) is 0 Å². The third-order valence-electron chi connectivity index (χ3n) is 3.72. The number of anilines is 1. The van der Waals surface area contributed by atoms with Gasteiger partial charge in [-0.1, -0.05) is 18.2 Å². The Morgan fingerprint density at radius 3 is 3.00 bits per heavy atom. The maximum Gasteiger partial charge on any atom is 0.224 e. The predicted octanol–water partition coefficient (Wildman–Crippen LogP) is 2.80. The van der Waals surface area contributed by atoms with Gasteiger partial charge in [-0.05, 0) is 23.6 Å². The van der Waals surface area contributed by atoms with Gasteiger partial charge in [0.2, 0.25) is 5.95 Å². The lowest BCUT2D eigenvalue weighted by Gasteiger charge is -2.08. The number of hydrogen-bond donors (Lipinski definition) is 2. The molecule has 1 aromatic carbocycles. The molecule has 4 rings (SSSR count). The molecular weight excluding hydrogens is 288 g/mol. The molecule has 0 aliphatic carbocycles. The van der Waals surface area contributed by atoms with Gasteiger partial charge in [0.25, 0.3) is 0 Å². The van der Waals surface area contributed by atoms with Gasteiger partial charge in [0.1, 0.15) is 5.82 Å². The topological polar surface area (TPSA) is 71.4 Å². The van der Waals surface area contributed by atoms with E-state index >= 15 is 0 Å². The fraction of sp³-hybridized carbons (Fsp3) is 0.118. The van der Waals surface area contributed by atoms with Gasteiger partial charge in [-0.15, -0.1) is 0 Å². The third-order valence-corrected chi connectivity index (χ3v) is 3.72. The van der Waals surface area contributed by atoms with Crippen LogP contribution in [0.15, 0.2) is 61.3 Å². The number of para-hydroxylation sites is 1. The van der Waals surface area contributed by atoms with Crippen LogP contribution in [0.1, 0.15) is 5.69 Å². The zero-order valence-corrected chi connectivity index (χ0v) is 12.5. The zero-order valence-electron chi connectivity index (χ0n) is 12.5. The van der Waals surface area contributed by atoms with Gasteiger partial charge in [0.15, 0.2) is 0 Å². The summed E-state index contributed by atoms with van der Waals surface area (Å²) in [6.45, 7) is 0.748. The molecule has 6 nitrogen and oxygen atoms in total. The van der Waals surface area contributed by atoms with Crippen molar-refractivity contribution in [2.75, 3.05) is 11.9 Å². The summed E-state index contributed by atoms with van der Waals surface area (Å²) in [5, 5.41) is 4.44. The molecule has 0 amide bonds. The second kappa shape index (κ2) is 5.92. The first-order valence-corrected chi connectivity index (χ1v) is 7.51. The summed E-state index contributed by atoms with van der Waals surface area (Å²) in [7, 11) is 0. The van der Waals surface area contributed by atoms with Crippen LogP contribution in [0.3, 0.4) is 0 Å². The van der Waals surface area contributed by atoms with Crippen molar-refractivity contribution in [2.45, 2.75) is 6.42 Å². The van der Waals surface area contributed by atoms with Crippen molar-refractivity contribution in [3.63, 3.8) is 0 Å². The molecule has 0 bridgehead atoms. The highest BCUT2D eigenvalue weighted by atomic mass is 15.2. The van der Waals surface area contributed by atoms with Gasteiger partial charge < -0.3 is 14.9 Å². The van der Waals surface area contributed by atoms with Crippen molar-refractivity contribution in [3.8, 4) is 5.82 Å². The predicted molar refractivity (Wildman–Crippen MR) is 89.6 cm³/mol. The van der Waals surface area contributed by atoms with E-state index in [0.29, 0.717) is 5.95 Å². The number of benzene rings is 1. The Bertz CT molecular complexity index is 910. The first-order valence-electron chi connectivity index (χ1n) is 7.51. The number of imidazole rings is 1. The summed E-state index contributed by atoms with van der Waals surface area (Å²) in [5.74, 6) is 1.48. The average Bonchev–Trinajstić information content (AvgIpc) is 3.24. The van der Waals surface area contributed by atoms with E-state index in [0.717, 1.165) is 30.0 Å². The first kappa shape index (κ1) is 13.5. The molecule has 0 aliphatic rings. The monoisotopic (exact) mass is 304 g/mol. The van der Waals surface area contributed by atoms with E-state index in [9.17, 15) is 0 Å². The lowest BCUT2D eigenvalue weighted by Crippen LogP contribution is -2.09. The van der Waals surface area contributed by atoms with Gasteiger partial charge in [0.05, 0.1) is 11.8 Å². The number of nitrogens with zero attached hydrogens (tertiary/aromatic N) is 4. The minimum Gasteiger partial charge on any atom is -0.354 e. The highest BCUT2D eigenvalue weighted by molar-refractivity contribution is 5.81. The number of hydrogen-bond acceptors (Lipinski definition) is 4. The Labute approximate surface area is 133 Å². The van der Waals surface area contributed by atoms with Gasteiger partial charge in [-0.2, -0.15) is 4.98 Å². The maximum atomic E-state index is 4.60. The van der Waals surface area contributed by atoms with Crippen LogP contribution in [0.2, 0.25) is 0 Å². The second-order valence-corrected chi connectivity index (χ2v) is 5.24. The first-order chi connectivity index (χ1) is 11.4. The molecule has 0 aliphatic heterocycles. The molecule has 0 fully saturated rings. The normalized spacial score (nSPS) is 11.0. The van der Waals surface area contributed by atoms with Crippen molar-refractivity contribution in [3.05, 3.63) is 67.0 Å². The van der Waals surface area contributed by atoms with E-state index in [4.69, 9.17) is 0 Å². The summed E-state index contributed by atoms with van der Waals surface area (Å²) < 4.78 is 2.07. The molecule has 0 radical (unpaired) electrons. The van der Waals surface area contributed by atoms with Crippen molar-refractivity contribution in [1.82, 2.24) is 24.5 Å². The molecule has 0 spiro atoms. The summed E-state index contributed by atoms with van der Waals surface area (Å²) in [6.07, 6.45) is 8.16. The van der Waals surface area contributed by atoms with E-state index < -0.39 is 0 Å². The second-order valence-electron chi connectivity index (χ2n) is 5.24.